The van der Waals surface area contributed by atoms with Crippen LogP contribution in [-0.2, 0) is 19.3 Å². The van der Waals surface area contributed by atoms with Crippen molar-refractivity contribution in [1.29, 1.82) is 0 Å². The maximum Gasteiger partial charge on any atom is 0.573 e. The maximum atomic E-state index is 12.3. The van der Waals surface area contributed by atoms with E-state index >= 15 is 0 Å². The molecule has 1 aromatic carbocycles. The van der Waals surface area contributed by atoms with Crippen LogP contribution in [0, 0.1) is 0 Å². The molecule has 0 atom stereocenters. The number of halogens is 3. The van der Waals surface area contributed by atoms with Crippen LogP contribution in [0.4, 0.5) is 13.2 Å². The third-order valence-corrected chi connectivity index (χ3v) is 5.88. The lowest BCUT2D eigenvalue weighted by Crippen LogP contribution is -2.30. The van der Waals surface area contributed by atoms with Gasteiger partial charge < -0.3 is 9.72 Å². The number of hydrogen-bond acceptors (Lipinski definition) is 4. The van der Waals surface area contributed by atoms with Gasteiger partial charge >= 0.3 is 6.36 Å². The van der Waals surface area contributed by atoms with Crippen molar-refractivity contribution < 1.29 is 17.9 Å². The highest BCUT2D eigenvalue weighted by atomic mass is 19.4. The molecule has 4 rings (SSSR count). The third kappa shape index (κ3) is 5.76. The van der Waals surface area contributed by atoms with Gasteiger partial charge in [-0.15, -0.1) is 13.2 Å². The summed E-state index contributed by atoms with van der Waals surface area (Å²) >= 11 is 0. The summed E-state index contributed by atoms with van der Waals surface area (Å²) in [5.41, 5.74) is 3.92. The Labute approximate surface area is 179 Å². The number of H-pyrrole nitrogens is 1. The van der Waals surface area contributed by atoms with Crippen molar-refractivity contribution >= 4 is 5.57 Å². The lowest BCUT2D eigenvalue weighted by Gasteiger charge is -2.26. The Kier molecular flexibility index (Phi) is 6.46. The molecule has 0 radical (unpaired) electrons. The van der Waals surface area contributed by atoms with Crippen LogP contribution < -0.4 is 10.3 Å². The minimum Gasteiger partial charge on any atom is -0.406 e. The van der Waals surface area contributed by atoms with Crippen LogP contribution in [0.15, 0.2) is 35.1 Å². The zero-order chi connectivity index (χ0) is 21.8. The smallest absolute Gasteiger partial charge is 0.406 e. The summed E-state index contributed by atoms with van der Waals surface area (Å²) in [7, 11) is 0. The number of aromatic nitrogens is 2. The van der Waals surface area contributed by atoms with Crippen molar-refractivity contribution in [3.63, 3.8) is 0 Å². The maximum absolute atomic E-state index is 12.3. The third-order valence-electron chi connectivity index (χ3n) is 5.88. The highest BCUT2D eigenvalue weighted by Gasteiger charge is 2.31. The summed E-state index contributed by atoms with van der Waals surface area (Å²) in [5, 5.41) is 0. The highest BCUT2D eigenvalue weighted by molar-refractivity contribution is 5.67. The molecule has 0 saturated carbocycles. The van der Waals surface area contributed by atoms with Crippen LogP contribution in [0.5, 0.6) is 5.75 Å². The average molecular weight is 433 g/mol. The summed E-state index contributed by atoms with van der Waals surface area (Å²) < 4.78 is 40.8. The molecule has 0 amide bonds. The first-order valence-corrected chi connectivity index (χ1v) is 10.8. The lowest BCUT2D eigenvalue weighted by molar-refractivity contribution is -0.274. The second kappa shape index (κ2) is 9.26. The summed E-state index contributed by atoms with van der Waals surface area (Å²) in [4.78, 5) is 22.2. The first-order chi connectivity index (χ1) is 14.9. The summed E-state index contributed by atoms with van der Waals surface area (Å²) in [6.07, 6.45) is 3.85. The topological polar surface area (TPSA) is 58.2 Å². The number of aromatic amines is 1. The minimum atomic E-state index is -4.67. The van der Waals surface area contributed by atoms with Gasteiger partial charge in [0.25, 0.3) is 5.56 Å². The van der Waals surface area contributed by atoms with Crippen molar-refractivity contribution in [2.24, 2.45) is 0 Å². The van der Waals surface area contributed by atoms with E-state index in [4.69, 9.17) is 0 Å². The number of fused-ring (bicyclic) bond motifs is 1. The standard InChI is InChI=1S/C23H26F3N3O2/c24-23(25,26)31-18-9-7-16(8-10-18)17-11-14-29(15-12-17)13-3-6-21-27-20-5-2-1-4-19(20)22(30)28-21/h7-11H,1-6,12-15H2,(H,27,28,30). The molecule has 1 N–H and O–H groups in total. The lowest BCUT2D eigenvalue weighted by atomic mass is 9.97. The Morgan fingerprint density at radius 3 is 2.58 bits per heavy atom. The number of alkyl halides is 3. The van der Waals surface area contributed by atoms with Gasteiger partial charge in [-0.25, -0.2) is 4.98 Å². The van der Waals surface area contributed by atoms with Gasteiger partial charge in [0.1, 0.15) is 11.6 Å². The molecule has 8 heteroatoms. The molecule has 0 fully saturated rings. The van der Waals surface area contributed by atoms with Gasteiger partial charge in [0.15, 0.2) is 0 Å². The molecule has 0 unspecified atom stereocenters. The van der Waals surface area contributed by atoms with Crippen LogP contribution in [0.2, 0.25) is 0 Å². The first kappa shape index (κ1) is 21.6. The molecule has 1 aromatic heterocycles. The van der Waals surface area contributed by atoms with Crippen LogP contribution in [0.3, 0.4) is 0 Å². The Morgan fingerprint density at radius 2 is 1.87 bits per heavy atom. The monoisotopic (exact) mass is 433 g/mol. The van der Waals surface area contributed by atoms with Crippen molar-refractivity contribution in [2.75, 3.05) is 19.6 Å². The normalized spacial score (nSPS) is 17.2. The number of nitrogens with one attached hydrogen (secondary N) is 1. The van der Waals surface area contributed by atoms with Gasteiger partial charge in [-0.2, -0.15) is 0 Å². The Bertz CT molecular complexity index is 997. The van der Waals surface area contributed by atoms with E-state index in [2.05, 4.69) is 25.7 Å². The van der Waals surface area contributed by atoms with Crippen LogP contribution in [0.25, 0.3) is 5.57 Å². The van der Waals surface area contributed by atoms with E-state index in [0.717, 1.165) is 92.8 Å². The van der Waals surface area contributed by atoms with Gasteiger partial charge in [-0.3, -0.25) is 9.69 Å². The van der Waals surface area contributed by atoms with Gasteiger partial charge in [0.05, 0.1) is 5.69 Å². The molecule has 0 bridgehead atoms. The van der Waals surface area contributed by atoms with E-state index in [1.54, 1.807) is 12.1 Å². The number of hydrogen-bond donors (Lipinski definition) is 1. The Hall–Kier alpha value is -2.61. The van der Waals surface area contributed by atoms with E-state index in [9.17, 15) is 18.0 Å². The largest absolute Gasteiger partial charge is 0.573 e. The average Bonchev–Trinajstić information content (AvgIpc) is 2.74. The Morgan fingerprint density at radius 1 is 1.10 bits per heavy atom. The molecule has 5 nitrogen and oxygen atoms in total. The molecule has 2 aromatic rings. The van der Waals surface area contributed by atoms with Crippen molar-refractivity contribution in [3.05, 3.63) is 63.3 Å². The summed E-state index contributed by atoms with van der Waals surface area (Å²) in [6.45, 7) is 2.59. The van der Waals surface area contributed by atoms with Crippen LogP contribution in [0.1, 0.15) is 48.3 Å². The predicted molar refractivity (Wildman–Crippen MR) is 112 cm³/mol. The number of ether oxygens (including phenoxy) is 1. The van der Waals surface area contributed by atoms with Gasteiger partial charge in [0, 0.05) is 25.1 Å². The second-order valence-corrected chi connectivity index (χ2v) is 8.10. The zero-order valence-corrected chi connectivity index (χ0v) is 17.3. The number of nitrogens with zero attached hydrogens (tertiary/aromatic N) is 2. The van der Waals surface area contributed by atoms with Crippen LogP contribution in [-0.4, -0.2) is 40.9 Å². The quantitative estimate of drug-likeness (QED) is 0.739. The van der Waals surface area contributed by atoms with Crippen molar-refractivity contribution in [2.45, 2.75) is 51.3 Å². The predicted octanol–water partition coefficient (Wildman–Crippen LogP) is 4.27. The summed E-state index contributed by atoms with van der Waals surface area (Å²) in [5.74, 6) is 0.572. The van der Waals surface area contributed by atoms with Crippen molar-refractivity contribution in [1.82, 2.24) is 14.9 Å². The molecule has 31 heavy (non-hydrogen) atoms. The fourth-order valence-electron chi connectivity index (χ4n) is 4.29. The fraction of sp³-hybridized carbons (Fsp3) is 0.478. The molecule has 2 heterocycles. The van der Waals surface area contributed by atoms with E-state index in [0.29, 0.717) is 0 Å². The zero-order valence-electron chi connectivity index (χ0n) is 17.3. The molecule has 1 aliphatic heterocycles. The molecular formula is C23H26F3N3O2. The highest BCUT2D eigenvalue weighted by Crippen LogP contribution is 2.27. The molecule has 0 saturated heterocycles. The van der Waals surface area contributed by atoms with Gasteiger partial charge in [-0.1, -0.05) is 18.2 Å². The number of aryl methyl sites for hydroxylation is 2. The molecular weight excluding hydrogens is 407 g/mol. The second-order valence-electron chi connectivity index (χ2n) is 8.10. The number of rotatable bonds is 6. The van der Waals surface area contributed by atoms with Crippen molar-refractivity contribution in [3.8, 4) is 5.75 Å². The van der Waals surface area contributed by atoms with E-state index in [-0.39, 0.29) is 11.3 Å². The van der Waals surface area contributed by atoms with E-state index in [1.165, 1.54) is 12.1 Å². The molecule has 1 aliphatic carbocycles. The summed E-state index contributed by atoms with van der Waals surface area (Å²) in [6, 6.07) is 6.03. The van der Waals surface area contributed by atoms with Crippen LogP contribution >= 0.6 is 0 Å². The Balaban J connectivity index is 1.27. The molecule has 2 aliphatic rings. The molecule has 0 spiro atoms. The molecule has 166 valence electrons. The fourth-order valence-corrected chi connectivity index (χ4v) is 4.29. The van der Waals surface area contributed by atoms with Gasteiger partial charge in [0.2, 0.25) is 0 Å². The minimum absolute atomic E-state index is 0.0249. The van der Waals surface area contributed by atoms with E-state index < -0.39 is 6.36 Å². The number of benzene rings is 1. The van der Waals surface area contributed by atoms with Gasteiger partial charge in [-0.05, 0) is 68.3 Å². The first-order valence-electron chi connectivity index (χ1n) is 10.8. The van der Waals surface area contributed by atoms with E-state index in [1.807, 2.05) is 0 Å². The SMILES string of the molecule is O=c1[nH]c(CCCN2CC=C(c3ccc(OC(F)(F)F)cc3)CC2)nc2c1CCCC2.